The van der Waals surface area contributed by atoms with E-state index in [1.807, 2.05) is 6.07 Å². The number of hydrogen-bond donors (Lipinski definition) is 1. The lowest BCUT2D eigenvalue weighted by Gasteiger charge is -2.21. The molecule has 0 saturated heterocycles. The van der Waals surface area contributed by atoms with E-state index in [-0.39, 0.29) is 0 Å². The van der Waals surface area contributed by atoms with Crippen LogP contribution in [-0.4, -0.2) is 20.6 Å². The molecule has 0 aliphatic heterocycles. The lowest BCUT2D eigenvalue weighted by atomic mass is 9.97. The van der Waals surface area contributed by atoms with Crippen LogP contribution in [0.1, 0.15) is 43.1 Å². The fourth-order valence-corrected chi connectivity index (χ4v) is 3.24. The summed E-state index contributed by atoms with van der Waals surface area (Å²) in [5.74, 6) is 0.352. The highest BCUT2D eigenvalue weighted by Crippen LogP contribution is 2.41. The third-order valence-electron chi connectivity index (χ3n) is 4.60. The molecule has 100 valence electrons. The molecule has 3 atom stereocenters. The summed E-state index contributed by atoms with van der Waals surface area (Å²) in [7, 11) is 0. The third kappa shape index (κ3) is 1.82. The zero-order valence-corrected chi connectivity index (χ0v) is 11.2. The number of rotatable bonds is 2. The van der Waals surface area contributed by atoms with Crippen LogP contribution in [0.25, 0.3) is 11.0 Å². The molecule has 1 heterocycles. The van der Waals surface area contributed by atoms with E-state index in [0.717, 1.165) is 17.5 Å². The molecule has 1 N–H and O–H groups in total. The van der Waals surface area contributed by atoms with Crippen LogP contribution in [-0.2, 0) is 0 Å². The van der Waals surface area contributed by atoms with Crippen molar-refractivity contribution in [1.29, 1.82) is 0 Å². The van der Waals surface area contributed by atoms with Crippen molar-refractivity contribution < 1.29 is 9.90 Å². The molecule has 1 saturated carbocycles. The SMILES string of the molecule is CC1CCC(n2cnc3cccc(C(=O)O)c32)C1C. The number of aromatic carboxylic acids is 1. The van der Waals surface area contributed by atoms with Gasteiger partial charge in [0, 0.05) is 6.04 Å². The van der Waals surface area contributed by atoms with E-state index in [4.69, 9.17) is 0 Å². The van der Waals surface area contributed by atoms with Gasteiger partial charge in [0.25, 0.3) is 0 Å². The van der Waals surface area contributed by atoms with Gasteiger partial charge < -0.3 is 9.67 Å². The van der Waals surface area contributed by atoms with Gasteiger partial charge in [0.15, 0.2) is 0 Å². The van der Waals surface area contributed by atoms with Gasteiger partial charge in [-0.3, -0.25) is 0 Å². The number of carbonyl (C=O) groups is 1. The van der Waals surface area contributed by atoms with E-state index in [1.54, 1.807) is 18.5 Å². The minimum Gasteiger partial charge on any atom is -0.478 e. The molecule has 1 aliphatic rings. The first-order chi connectivity index (χ1) is 9.09. The molecular formula is C15H18N2O2. The minimum absolute atomic E-state index is 0.349. The summed E-state index contributed by atoms with van der Waals surface area (Å²) in [5, 5.41) is 9.35. The van der Waals surface area contributed by atoms with Crippen LogP contribution in [0, 0.1) is 11.8 Å². The summed E-state index contributed by atoms with van der Waals surface area (Å²) >= 11 is 0. The Morgan fingerprint density at radius 3 is 2.79 bits per heavy atom. The number of carboxylic acid groups (broad SMARTS) is 1. The van der Waals surface area contributed by atoms with Crippen LogP contribution >= 0.6 is 0 Å². The summed E-state index contributed by atoms with van der Waals surface area (Å²) in [6.07, 6.45) is 4.10. The van der Waals surface area contributed by atoms with Gasteiger partial charge in [-0.1, -0.05) is 19.9 Å². The molecule has 0 radical (unpaired) electrons. The Hall–Kier alpha value is -1.84. The molecule has 1 aliphatic carbocycles. The summed E-state index contributed by atoms with van der Waals surface area (Å²) in [6.45, 7) is 4.51. The second kappa shape index (κ2) is 4.37. The lowest BCUT2D eigenvalue weighted by Crippen LogP contribution is -2.15. The Balaban J connectivity index is 2.17. The molecule has 1 aromatic heterocycles. The fourth-order valence-electron chi connectivity index (χ4n) is 3.24. The third-order valence-corrected chi connectivity index (χ3v) is 4.60. The molecule has 0 spiro atoms. The molecule has 3 unspecified atom stereocenters. The molecule has 0 bridgehead atoms. The van der Waals surface area contributed by atoms with E-state index in [0.29, 0.717) is 23.4 Å². The highest BCUT2D eigenvalue weighted by atomic mass is 16.4. The van der Waals surface area contributed by atoms with E-state index >= 15 is 0 Å². The maximum atomic E-state index is 11.4. The first-order valence-electron chi connectivity index (χ1n) is 6.78. The van der Waals surface area contributed by atoms with E-state index in [9.17, 15) is 9.90 Å². The van der Waals surface area contributed by atoms with Crippen molar-refractivity contribution in [3.05, 3.63) is 30.1 Å². The monoisotopic (exact) mass is 258 g/mol. The highest BCUT2D eigenvalue weighted by molar-refractivity contribution is 6.01. The topological polar surface area (TPSA) is 55.1 Å². The number of imidazole rings is 1. The smallest absolute Gasteiger partial charge is 0.337 e. The predicted molar refractivity (Wildman–Crippen MR) is 73.3 cm³/mol. The number of para-hydroxylation sites is 1. The summed E-state index contributed by atoms with van der Waals surface area (Å²) < 4.78 is 2.08. The quantitative estimate of drug-likeness (QED) is 0.898. The zero-order valence-electron chi connectivity index (χ0n) is 11.2. The van der Waals surface area contributed by atoms with Gasteiger partial charge in [-0.25, -0.2) is 9.78 Å². The summed E-state index contributed by atoms with van der Waals surface area (Å²) in [5.41, 5.74) is 1.88. The van der Waals surface area contributed by atoms with Crippen LogP contribution in [0.4, 0.5) is 0 Å². The minimum atomic E-state index is -0.883. The molecule has 1 fully saturated rings. The molecule has 1 aromatic carbocycles. The van der Waals surface area contributed by atoms with Crippen LogP contribution in [0.2, 0.25) is 0 Å². The maximum Gasteiger partial charge on any atom is 0.337 e. The predicted octanol–water partition coefficient (Wildman–Crippen LogP) is 3.34. The van der Waals surface area contributed by atoms with E-state index in [2.05, 4.69) is 23.4 Å². The van der Waals surface area contributed by atoms with Crippen molar-refractivity contribution in [3.63, 3.8) is 0 Å². The molecule has 0 amide bonds. The zero-order chi connectivity index (χ0) is 13.6. The Labute approximate surface area is 112 Å². The van der Waals surface area contributed by atoms with Gasteiger partial charge in [-0.2, -0.15) is 0 Å². The van der Waals surface area contributed by atoms with Crippen molar-refractivity contribution >= 4 is 17.0 Å². The summed E-state index contributed by atoms with van der Waals surface area (Å²) in [4.78, 5) is 15.8. The average molecular weight is 258 g/mol. The Morgan fingerprint density at radius 2 is 2.16 bits per heavy atom. The molecule has 2 aromatic rings. The Bertz CT molecular complexity index is 632. The first-order valence-corrected chi connectivity index (χ1v) is 6.78. The Kier molecular flexibility index (Phi) is 2.81. The van der Waals surface area contributed by atoms with Crippen molar-refractivity contribution in [3.8, 4) is 0 Å². The van der Waals surface area contributed by atoms with Gasteiger partial charge >= 0.3 is 5.97 Å². The number of hydrogen-bond acceptors (Lipinski definition) is 2. The van der Waals surface area contributed by atoms with Gasteiger partial charge in [-0.05, 0) is 36.8 Å². The van der Waals surface area contributed by atoms with Crippen molar-refractivity contribution in [2.24, 2.45) is 11.8 Å². The van der Waals surface area contributed by atoms with Crippen LogP contribution < -0.4 is 0 Å². The van der Waals surface area contributed by atoms with Crippen molar-refractivity contribution in [2.45, 2.75) is 32.7 Å². The van der Waals surface area contributed by atoms with Crippen LogP contribution in [0.5, 0.6) is 0 Å². The van der Waals surface area contributed by atoms with E-state index < -0.39 is 5.97 Å². The molecule has 4 nitrogen and oxygen atoms in total. The van der Waals surface area contributed by atoms with Gasteiger partial charge in [0.05, 0.1) is 22.9 Å². The van der Waals surface area contributed by atoms with Gasteiger partial charge in [-0.15, -0.1) is 0 Å². The van der Waals surface area contributed by atoms with Crippen LogP contribution in [0.15, 0.2) is 24.5 Å². The van der Waals surface area contributed by atoms with Gasteiger partial charge in [0.1, 0.15) is 0 Å². The number of aromatic nitrogens is 2. The second-order valence-corrected chi connectivity index (χ2v) is 5.61. The number of benzene rings is 1. The van der Waals surface area contributed by atoms with Crippen molar-refractivity contribution in [2.75, 3.05) is 0 Å². The largest absolute Gasteiger partial charge is 0.478 e. The number of carboxylic acids is 1. The van der Waals surface area contributed by atoms with E-state index in [1.165, 1.54) is 6.42 Å². The lowest BCUT2D eigenvalue weighted by molar-refractivity contribution is 0.0698. The average Bonchev–Trinajstić information content (AvgIpc) is 2.94. The van der Waals surface area contributed by atoms with Crippen LogP contribution in [0.3, 0.4) is 0 Å². The number of fused-ring (bicyclic) bond motifs is 1. The Morgan fingerprint density at radius 1 is 1.37 bits per heavy atom. The first kappa shape index (κ1) is 12.2. The van der Waals surface area contributed by atoms with Gasteiger partial charge in [0.2, 0.25) is 0 Å². The normalized spacial score (nSPS) is 26.9. The van der Waals surface area contributed by atoms with Crippen molar-refractivity contribution in [1.82, 2.24) is 9.55 Å². The molecule has 3 rings (SSSR count). The number of nitrogens with zero attached hydrogens (tertiary/aromatic N) is 2. The fraction of sp³-hybridized carbons (Fsp3) is 0.467. The maximum absolute atomic E-state index is 11.4. The molecule has 19 heavy (non-hydrogen) atoms. The summed E-state index contributed by atoms with van der Waals surface area (Å²) in [6, 6.07) is 5.65. The molecular weight excluding hydrogens is 240 g/mol. The highest BCUT2D eigenvalue weighted by Gasteiger charge is 2.32. The second-order valence-electron chi connectivity index (χ2n) is 5.61. The standard InChI is InChI=1S/C15H18N2O2/c1-9-6-7-13(10(9)2)17-8-16-12-5-3-4-11(14(12)17)15(18)19/h3-5,8-10,13H,6-7H2,1-2H3,(H,18,19). The molecule has 4 heteroatoms.